The van der Waals surface area contributed by atoms with Gasteiger partial charge in [-0.05, 0) is 73.4 Å². The minimum Gasteiger partial charge on any atom is -0.493 e. The van der Waals surface area contributed by atoms with Crippen LogP contribution < -0.4 is 14.8 Å². The summed E-state index contributed by atoms with van der Waals surface area (Å²) >= 11 is 3.77. The zero-order valence-corrected chi connectivity index (χ0v) is 23.4. The monoisotopic (exact) mass is 567 g/mol. The summed E-state index contributed by atoms with van der Waals surface area (Å²) in [5, 5.41) is 5.96. The van der Waals surface area contributed by atoms with Crippen LogP contribution in [0, 0.1) is 5.41 Å². The van der Waals surface area contributed by atoms with E-state index in [-0.39, 0.29) is 17.1 Å². The minimum atomic E-state index is -0.218. The molecule has 1 N–H and O–H groups in total. The fraction of sp³-hybridized carbons (Fsp3) is 0.242. The minimum absolute atomic E-state index is 0.0881. The summed E-state index contributed by atoms with van der Waals surface area (Å²) in [7, 11) is 1.66. The molecule has 0 saturated carbocycles. The van der Waals surface area contributed by atoms with E-state index in [2.05, 4.69) is 77.6 Å². The first-order valence-corrected chi connectivity index (χ1v) is 13.7. The lowest BCUT2D eigenvalue weighted by Gasteiger charge is -2.40. The molecule has 0 spiro atoms. The van der Waals surface area contributed by atoms with Crippen LogP contribution in [0.1, 0.15) is 49.3 Å². The number of benzene rings is 4. The van der Waals surface area contributed by atoms with Crippen molar-refractivity contribution in [1.29, 1.82) is 0 Å². The van der Waals surface area contributed by atoms with Crippen LogP contribution in [0.4, 0.5) is 5.69 Å². The van der Waals surface area contributed by atoms with Crippen molar-refractivity contribution in [1.82, 2.24) is 0 Å². The summed E-state index contributed by atoms with van der Waals surface area (Å²) in [6, 6.07) is 26.9. The number of allylic oxidation sites excluding steroid dienone is 2. The number of Topliss-reactive ketones (excluding diaryl/α,β-unsaturated/α-hetero) is 1. The molecule has 4 nitrogen and oxygen atoms in total. The van der Waals surface area contributed by atoms with Gasteiger partial charge < -0.3 is 14.8 Å². The van der Waals surface area contributed by atoms with Crippen molar-refractivity contribution in [2.24, 2.45) is 5.41 Å². The molecule has 2 aliphatic rings. The number of ketones is 1. The van der Waals surface area contributed by atoms with E-state index in [4.69, 9.17) is 9.47 Å². The highest BCUT2D eigenvalue weighted by atomic mass is 79.9. The highest BCUT2D eigenvalue weighted by molar-refractivity contribution is 9.10. The number of anilines is 1. The van der Waals surface area contributed by atoms with Crippen LogP contribution in [-0.4, -0.2) is 12.9 Å². The van der Waals surface area contributed by atoms with E-state index in [0.717, 1.165) is 55.3 Å². The first kappa shape index (κ1) is 24.7. The van der Waals surface area contributed by atoms with Crippen LogP contribution in [0.5, 0.6) is 11.5 Å². The molecule has 192 valence electrons. The maximum atomic E-state index is 13.8. The van der Waals surface area contributed by atoms with Gasteiger partial charge in [0.2, 0.25) is 0 Å². The van der Waals surface area contributed by atoms with Crippen LogP contribution in [0.15, 0.2) is 94.6 Å². The second kappa shape index (κ2) is 9.63. The number of fused-ring (bicyclic) bond motifs is 3. The van der Waals surface area contributed by atoms with Gasteiger partial charge in [-0.25, -0.2) is 0 Å². The third kappa shape index (κ3) is 4.39. The Balaban J connectivity index is 1.51. The summed E-state index contributed by atoms with van der Waals surface area (Å²) in [6.45, 7) is 4.76. The second-order valence-electron chi connectivity index (χ2n) is 10.9. The van der Waals surface area contributed by atoms with Crippen molar-refractivity contribution in [2.45, 2.75) is 39.2 Å². The molecule has 5 heteroatoms. The molecule has 1 aliphatic carbocycles. The summed E-state index contributed by atoms with van der Waals surface area (Å²) in [6.07, 6.45) is 1.36. The number of hydrogen-bond donors (Lipinski definition) is 1. The molecule has 0 bridgehead atoms. The molecule has 38 heavy (non-hydrogen) atoms. The average Bonchev–Trinajstić information content (AvgIpc) is 2.90. The van der Waals surface area contributed by atoms with E-state index in [1.165, 1.54) is 0 Å². The van der Waals surface area contributed by atoms with Crippen LogP contribution in [0.25, 0.3) is 10.8 Å². The Kier molecular flexibility index (Phi) is 6.27. The molecule has 1 heterocycles. The highest BCUT2D eigenvalue weighted by Crippen LogP contribution is 2.52. The number of methoxy groups -OCH3 is 1. The van der Waals surface area contributed by atoms with E-state index in [9.17, 15) is 4.79 Å². The first-order valence-electron chi connectivity index (χ1n) is 12.9. The Labute approximate surface area is 231 Å². The number of rotatable bonds is 5. The Morgan fingerprint density at radius 1 is 0.974 bits per heavy atom. The topological polar surface area (TPSA) is 47.6 Å². The van der Waals surface area contributed by atoms with Gasteiger partial charge in [0.15, 0.2) is 17.3 Å². The van der Waals surface area contributed by atoms with Crippen LogP contribution in [-0.2, 0) is 11.4 Å². The molecule has 6 rings (SSSR count). The summed E-state index contributed by atoms with van der Waals surface area (Å²) in [5.74, 6) is 1.27. The molecule has 1 atom stereocenters. The summed E-state index contributed by atoms with van der Waals surface area (Å²) in [5.41, 5.74) is 6.06. The standard InChI is InChI=1S/C33H30BrNO3/c1-33(2)17-26-31(27(36)18-33)29(30-23-12-8-7-11-21(23)13-14-25(30)35-26)22-15-24(34)32(28(16-22)37-3)38-19-20-9-5-4-6-10-20/h4-16,29,35H,17-19H2,1-3H3. The number of ether oxygens (including phenoxy) is 2. The Morgan fingerprint density at radius 3 is 2.53 bits per heavy atom. The predicted octanol–water partition coefficient (Wildman–Crippen LogP) is 8.39. The lowest BCUT2D eigenvalue weighted by atomic mass is 9.68. The molecule has 0 fully saturated rings. The van der Waals surface area contributed by atoms with Gasteiger partial charge in [0, 0.05) is 29.3 Å². The third-order valence-electron chi connectivity index (χ3n) is 7.56. The predicted molar refractivity (Wildman–Crippen MR) is 156 cm³/mol. The normalized spacial score (nSPS) is 18.0. The molecular formula is C33H30BrNO3. The summed E-state index contributed by atoms with van der Waals surface area (Å²) < 4.78 is 12.9. The fourth-order valence-corrected chi connectivity index (χ4v) is 6.49. The summed E-state index contributed by atoms with van der Waals surface area (Å²) in [4.78, 5) is 13.8. The molecule has 0 amide bonds. The molecule has 0 aromatic heterocycles. The van der Waals surface area contributed by atoms with Crippen molar-refractivity contribution in [3.8, 4) is 11.5 Å². The fourth-order valence-electron chi connectivity index (χ4n) is 5.91. The first-order chi connectivity index (χ1) is 18.3. The Hall–Kier alpha value is -3.57. The maximum Gasteiger partial charge on any atom is 0.175 e. The molecule has 4 aromatic rings. The average molecular weight is 569 g/mol. The van der Waals surface area contributed by atoms with Gasteiger partial charge in [-0.3, -0.25) is 4.79 Å². The Morgan fingerprint density at radius 2 is 1.74 bits per heavy atom. The second-order valence-corrected chi connectivity index (χ2v) is 11.8. The maximum absolute atomic E-state index is 13.8. The van der Waals surface area contributed by atoms with E-state index in [1.54, 1.807) is 7.11 Å². The van der Waals surface area contributed by atoms with Crippen molar-refractivity contribution in [2.75, 3.05) is 12.4 Å². The van der Waals surface area contributed by atoms with Gasteiger partial charge in [-0.1, -0.05) is 74.5 Å². The third-order valence-corrected chi connectivity index (χ3v) is 8.15. The van der Waals surface area contributed by atoms with E-state index < -0.39 is 0 Å². The van der Waals surface area contributed by atoms with Gasteiger partial charge >= 0.3 is 0 Å². The quantitative estimate of drug-likeness (QED) is 0.263. The lowest BCUT2D eigenvalue weighted by Crippen LogP contribution is -2.34. The van der Waals surface area contributed by atoms with Gasteiger partial charge in [0.05, 0.1) is 11.6 Å². The van der Waals surface area contributed by atoms with Crippen LogP contribution in [0.3, 0.4) is 0 Å². The van der Waals surface area contributed by atoms with Crippen molar-refractivity contribution in [3.63, 3.8) is 0 Å². The Bertz CT molecular complexity index is 1590. The molecular weight excluding hydrogens is 538 g/mol. The van der Waals surface area contributed by atoms with Crippen molar-refractivity contribution < 1.29 is 14.3 Å². The van der Waals surface area contributed by atoms with Crippen LogP contribution in [0.2, 0.25) is 0 Å². The lowest BCUT2D eigenvalue weighted by molar-refractivity contribution is -0.118. The largest absolute Gasteiger partial charge is 0.493 e. The zero-order chi connectivity index (χ0) is 26.4. The number of halogens is 1. The molecule has 0 radical (unpaired) electrons. The molecule has 4 aromatic carbocycles. The van der Waals surface area contributed by atoms with Gasteiger partial charge in [-0.15, -0.1) is 0 Å². The molecule has 0 saturated heterocycles. The van der Waals surface area contributed by atoms with E-state index in [1.807, 2.05) is 36.4 Å². The van der Waals surface area contributed by atoms with E-state index >= 15 is 0 Å². The SMILES string of the molecule is COc1cc(C2C3=C(CC(C)(C)CC3=O)Nc3ccc4ccccc4c32)cc(Br)c1OCc1ccccc1. The van der Waals surface area contributed by atoms with Gasteiger partial charge in [-0.2, -0.15) is 0 Å². The van der Waals surface area contributed by atoms with Gasteiger partial charge in [0.1, 0.15) is 6.61 Å². The van der Waals surface area contributed by atoms with Crippen LogP contribution >= 0.6 is 15.9 Å². The number of carbonyl (C=O) groups excluding carboxylic acids is 1. The van der Waals surface area contributed by atoms with E-state index in [0.29, 0.717) is 24.5 Å². The van der Waals surface area contributed by atoms with Crippen molar-refractivity contribution >= 4 is 38.2 Å². The smallest absolute Gasteiger partial charge is 0.175 e. The molecule has 1 aliphatic heterocycles. The number of nitrogens with one attached hydrogen (secondary N) is 1. The molecule has 1 unspecified atom stereocenters. The number of hydrogen-bond acceptors (Lipinski definition) is 4. The van der Waals surface area contributed by atoms with Gasteiger partial charge in [0.25, 0.3) is 0 Å². The van der Waals surface area contributed by atoms with Crippen molar-refractivity contribution in [3.05, 3.63) is 111 Å². The highest BCUT2D eigenvalue weighted by Gasteiger charge is 2.41. The zero-order valence-electron chi connectivity index (χ0n) is 21.8. The number of carbonyl (C=O) groups is 1.